The van der Waals surface area contributed by atoms with Gasteiger partial charge in [0.05, 0.1) is 13.2 Å². The Morgan fingerprint density at radius 3 is 2.03 bits per heavy atom. The Kier molecular flexibility index (Phi) is 13.4. The molecule has 0 aromatic heterocycles. The summed E-state index contributed by atoms with van der Waals surface area (Å²) >= 11 is 0. The topological polar surface area (TPSA) is 44.8 Å². The van der Waals surface area contributed by atoms with Gasteiger partial charge in [-0.2, -0.15) is 0 Å². The zero-order chi connectivity index (χ0) is 26.6. The molecule has 192 valence electrons. The number of carbonyl (C=O) groups excluding carboxylic acids is 1. The molecule has 0 saturated heterocycles. The third-order valence-corrected chi connectivity index (χ3v) is 15.7. The molecule has 0 aliphatic rings. The molecule has 0 fully saturated rings. The van der Waals surface area contributed by atoms with Crippen LogP contribution < -0.4 is 0 Å². The van der Waals surface area contributed by atoms with Gasteiger partial charge < -0.3 is 13.6 Å². The van der Waals surface area contributed by atoms with Crippen LogP contribution in [0.15, 0.2) is 24.3 Å². The highest BCUT2D eigenvalue weighted by molar-refractivity contribution is 6.74. The van der Waals surface area contributed by atoms with E-state index in [1.54, 1.807) is 0 Å². The summed E-state index contributed by atoms with van der Waals surface area (Å²) < 4.78 is 17.7. The lowest BCUT2D eigenvalue weighted by Gasteiger charge is -2.38. The van der Waals surface area contributed by atoms with Crippen molar-refractivity contribution in [2.75, 3.05) is 7.11 Å². The highest BCUT2D eigenvalue weighted by atomic mass is 28.4. The van der Waals surface area contributed by atoms with E-state index in [2.05, 4.69) is 85.5 Å². The summed E-state index contributed by atoms with van der Waals surface area (Å²) in [5.41, 5.74) is 0. The number of ether oxygens (including phenoxy) is 1. The second-order valence-corrected chi connectivity index (χ2v) is 21.2. The molecule has 34 heavy (non-hydrogen) atoms. The van der Waals surface area contributed by atoms with Crippen molar-refractivity contribution in [1.82, 2.24) is 0 Å². The van der Waals surface area contributed by atoms with Crippen molar-refractivity contribution in [2.24, 2.45) is 0 Å². The number of esters is 1. The van der Waals surface area contributed by atoms with Crippen LogP contribution in [-0.2, 0) is 18.4 Å². The summed E-state index contributed by atoms with van der Waals surface area (Å²) in [7, 11) is -2.47. The van der Waals surface area contributed by atoms with Gasteiger partial charge in [-0.1, -0.05) is 71.6 Å². The van der Waals surface area contributed by atoms with Gasteiger partial charge in [-0.25, -0.2) is 0 Å². The Hall–Kier alpha value is -1.58. The number of carbonyl (C=O) groups is 1. The zero-order valence-electron chi connectivity index (χ0n) is 23.5. The van der Waals surface area contributed by atoms with Crippen molar-refractivity contribution in [3.8, 4) is 24.2 Å². The molecular weight excluding hydrogens is 456 g/mol. The number of rotatable bonds is 11. The van der Waals surface area contributed by atoms with Crippen molar-refractivity contribution < 1.29 is 18.4 Å². The summed E-state index contributed by atoms with van der Waals surface area (Å²) in [5.74, 6) is 8.88. The summed E-state index contributed by atoms with van der Waals surface area (Å²) in [6.07, 6.45) is 15.2. The Morgan fingerprint density at radius 1 is 0.971 bits per heavy atom. The van der Waals surface area contributed by atoms with Crippen LogP contribution in [0, 0.1) is 24.2 Å². The quantitative estimate of drug-likeness (QED) is 0.129. The Bertz CT molecular complexity index is 793. The molecule has 4 nitrogen and oxygen atoms in total. The molecule has 0 aromatic rings. The second kappa shape index (κ2) is 14.1. The summed E-state index contributed by atoms with van der Waals surface area (Å²) in [6, 6.07) is 0. The fourth-order valence-corrected chi connectivity index (χ4v) is 4.99. The van der Waals surface area contributed by atoms with Crippen molar-refractivity contribution >= 4 is 22.6 Å². The van der Waals surface area contributed by atoms with E-state index >= 15 is 0 Å². The van der Waals surface area contributed by atoms with Gasteiger partial charge in [-0.3, -0.25) is 4.79 Å². The van der Waals surface area contributed by atoms with Gasteiger partial charge in [0, 0.05) is 12.8 Å². The van der Waals surface area contributed by atoms with Crippen LogP contribution in [0.5, 0.6) is 0 Å². The van der Waals surface area contributed by atoms with Crippen LogP contribution in [0.4, 0.5) is 0 Å². The van der Waals surface area contributed by atoms with Crippen LogP contribution in [0.1, 0.15) is 67.2 Å². The van der Waals surface area contributed by atoms with Gasteiger partial charge in [-0.05, 0) is 55.2 Å². The summed E-state index contributed by atoms with van der Waals surface area (Å²) in [4.78, 5) is 11.5. The molecule has 0 bridgehead atoms. The monoisotopic (exact) mass is 504 g/mol. The fourth-order valence-electron chi connectivity index (χ4n) is 2.48. The number of methoxy groups -OCH3 is 1. The van der Waals surface area contributed by atoms with Gasteiger partial charge in [0.15, 0.2) is 16.6 Å². The smallest absolute Gasteiger partial charge is 0.305 e. The molecule has 6 heteroatoms. The first kappa shape index (κ1) is 32.4. The van der Waals surface area contributed by atoms with Crippen LogP contribution >= 0.6 is 0 Å². The molecule has 0 spiro atoms. The van der Waals surface area contributed by atoms with Gasteiger partial charge in [0.25, 0.3) is 0 Å². The Balaban J connectivity index is 5.30. The molecular formula is C28H48O4Si2. The number of hydrogen-bond acceptors (Lipinski definition) is 4. The van der Waals surface area contributed by atoms with Gasteiger partial charge in [0.2, 0.25) is 0 Å². The molecule has 0 heterocycles. The third kappa shape index (κ3) is 12.2. The first-order chi connectivity index (χ1) is 15.5. The molecule has 0 aromatic carbocycles. The van der Waals surface area contributed by atoms with E-state index in [-0.39, 0.29) is 28.3 Å². The van der Waals surface area contributed by atoms with E-state index in [4.69, 9.17) is 20.0 Å². The standard InChI is InChI=1S/C28H48O4Si2/c1-13-19-24(31-33(9,10)27(2,3)4)20-16-14-15-17-21-25(22-18-23-26(29)30-8)32-34(11,12)28(5,6)7/h1,14-16,20,24-25H,18-19,22-23H2,2-12H3/b15-14+,20-16+/t24?,25-/m1/s1. The number of allylic oxidation sites excluding steroid dienone is 3. The largest absolute Gasteiger partial charge is 0.469 e. The minimum absolute atomic E-state index is 0.0873. The molecule has 0 radical (unpaired) electrons. The molecule has 0 saturated carbocycles. The normalized spacial score (nSPS) is 15.0. The molecule has 0 N–H and O–H groups in total. The van der Waals surface area contributed by atoms with Gasteiger partial charge in [-0.15, -0.1) is 12.3 Å². The Labute approximate surface area is 212 Å². The maximum absolute atomic E-state index is 11.5. The maximum Gasteiger partial charge on any atom is 0.305 e. The van der Waals surface area contributed by atoms with Crippen LogP contribution in [-0.4, -0.2) is 41.9 Å². The van der Waals surface area contributed by atoms with E-state index < -0.39 is 16.6 Å². The number of terminal acetylenes is 1. The SMILES string of the molecule is C#CCC(/C=C/C=C/C#C[C@H](CCCC(=O)OC)O[Si](C)(C)C(C)(C)C)O[Si](C)(C)C(C)(C)C. The van der Waals surface area contributed by atoms with E-state index in [9.17, 15) is 4.79 Å². The van der Waals surface area contributed by atoms with Crippen molar-refractivity contribution in [1.29, 1.82) is 0 Å². The minimum Gasteiger partial charge on any atom is -0.469 e. The summed E-state index contributed by atoms with van der Waals surface area (Å²) in [6.45, 7) is 22.2. The molecule has 0 amide bonds. The third-order valence-electron chi connectivity index (χ3n) is 6.75. The predicted molar refractivity (Wildman–Crippen MR) is 150 cm³/mol. The number of hydrogen-bond donors (Lipinski definition) is 0. The lowest BCUT2D eigenvalue weighted by molar-refractivity contribution is -0.140. The second-order valence-electron chi connectivity index (χ2n) is 11.7. The maximum atomic E-state index is 11.5. The first-order valence-electron chi connectivity index (χ1n) is 12.2. The summed E-state index contributed by atoms with van der Waals surface area (Å²) in [5, 5.41) is 0.214. The van der Waals surface area contributed by atoms with Crippen LogP contribution in [0.2, 0.25) is 36.3 Å². The van der Waals surface area contributed by atoms with Crippen LogP contribution in [0.3, 0.4) is 0 Å². The average Bonchev–Trinajstić information content (AvgIpc) is 2.67. The van der Waals surface area contributed by atoms with Crippen molar-refractivity contribution in [3.05, 3.63) is 24.3 Å². The lowest BCUT2D eigenvalue weighted by atomic mass is 10.1. The van der Waals surface area contributed by atoms with E-state index in [1.807, 2.05) is 24.3 Å². The molecule has 1 unspecified atom stereocenters. The fraction of sp³-hybridized carbons (Fsp3) is 0.679. The zero-order valence-corrected chi connectivity index (χ0v) is 25.5. The van der Waals surface area contributed by atoms with Crippen LogP contribution in [0.25, 0.3) is 0 Å². The van der Waals surface area contributed by atoms with E-state index in [1.165, 1.54) is 7.11 Å². The van der Waals surface area contributed by atoms with Gasteiger partial charge in [0.1, 0.15) is 6.10 Å². The predicted octanol–water partition coefficient (Wildman–Crippen LogP) is 7.25. The minimum atomic E-state index is -1.98. The van der Waals surface area contributed by atoms with Crippen molar-refractivity contribution in [2.45, 2.75) is 116 Å². The lowest BCUT2D eigenvalue weighted by Crippen LogP contribution is -2.43. The highest BCUT2D eigenvalue weighted by Gasteiger charge is 2.39. The van der Waals surface area contributed by atoms with Crippen molar-refractivity contribution in [3.63, 3.8) is 0 Å². The van der Waals surface area contributed by atoms with E-state index in [0.717, 1.165) is 0 Å². The molecule has 2 atom stereocenters. The Morgan fingerprint density at radius 2 is 1.53 bits per heavy atom. The van der Waals surface area contributed by atoms with Gasteiger partial charge >= 0.3 is 5.97 Å². The highest BCUT2D eigenvalue weighted by Crippen LogP contribution is 2.38. The molecule has 0 aliphatic carbocycles. The van der Waals surface area contributed by atoms with E-state index in [0.29, 0.717) is 25.7 Å². The molecule has 0 aliphatic heterocycles. The average molecular weight is 505 g/mol. The first-order valence-corrected chi connectivity index (χ1v) is 18.0. The molecule has 0 rings (SSSR count).